The predicted octanol–water partition coefficient (Wildman–Crippen LogP) is 3.74. The summed E-state index contributed by atoms with van der Waals surface area (Å²) in [5.74, 6) is 0.630. The summed E-state index contributed by atoms with van der Waals surface area (Å²) in [7, 11) is 0. The van der Waals surface area contributed by atoms with Gasteiger partial charge in [-0.1, -0.05) is 24.3 Å². The van der Waals surface area contributed by atoms with Crippen molar-refractivity contribution in [3.63, 3.8) is 0 Å². The smallest absolute Gasteiger partial charge is 0.223 e. The molecule has 1 amide bonds. The van der Waals surface area contributed by atoms with E-state index in [1.807, 2.05) is 36.1 Å². The average molecular weight is 323 g/mol. The quantitative estimate of drug-likeness (QED) is 0.798. The highest BCUT2D eigenvalue weighted by Crippen LogP contribution is 2.39. The summed E-state index contributed by atoms with van der Waals surface area (Å²) in [6, 6.07) is 14.1. The van der Waals surface area contributed by atoms with Gasteiger partial charge >= 0.3 is 0 Å². The third-order valence-corrected chi connectivity index (χ3v) is 4.88. The van der Waals surface area contributed by atoms with Crippen LogP contribution < -0.4 is 0 Å². The molecule has 1 fully saturated rings. The molecule has 2 aromatic carbocycles. The maximum atomic E-state index is 13.1. The normalized spacial score (nSPS) is 20.9. The number of nitrogens with zero attached hydrogens (tertiary/aromatic N) is 2. The minimum absolute atomic E-state index is 0.0993. The third-order valence-electron chi connectivity index (χ3n) is 4.88. The monoisotopic (exact) mass is 323 g/mol. The molecule has 5 heteroatoms. The number of hydrogen-bond acceptors (Lipinski definition) is 2. The molecule has 4 nitrogen and oxygen atoms in total. The number of aromatic amines is 1. The molecular weight excluding hydrogens is 305 g/mol. The van der Waals surface area contributed by atoms with Crippen LogP contribution in [0.25, 0.3) is 11.0 Å². The number of nitrogens with one attached hydrogen (secondary N) is 1. The van der Waals surface area contributed by atoms with Gasteiger partial charge in [-0.2, -0.15) is 0 Å². The summed E-state index contributed by atoms with van der Waals surface area (Å²) < 4.78 is 13.1. The number of halogens is 1. The van der Waals surface area contributed by atoms with E-state index in [9.17, 15) is 9.18 Å². The standard InChI is InChI=1S/C19H18FN3O/c1-19(18-21-15-4-2-3-5-16(15)22-18)11-10-17(24)23(19)12-13-6-8-14(20)9-7-13/h2-9H,10-12H2,1H3,(H,21,22). The van der Waals surface area contributed by atoms with Crippen molar-refractivity contribution in [1.82, 2.24) is 14.9 Å². The molecule has 0 saturated carbocycles. The van der Waals surface area contributed by atoms with E-state index in [-0.39, 0.29) is 11.7 Å². The lowest BCUT2D eigenvalue weighted by molar-refractivity contribution is -0.132. The molecule has 0 radical (unpaired) electrons. The summed E-state index contributed by atoms with van der Waals surface area (Å²) in [6.07, 6.45) is 1.21. The highest BCUT2D eigenvalue weighted by Gasteiger charge is 2.44. The minimum atomic E-state index is -0.482. The van der Waals surface area contributed by atoms with Crippen molar-refractivity contribution in [2.75, 3.05) is 0 Å². The van der Waals surface area contributed by atoms with Gasteiger partial charge in [-0.15, -0.1) is 0 Å². The van der Waals surface area contributed by atoms with Crippen molar-refractivity contribution in [3.05, 3.63) is 65.7 Å². The second-order valence-electron chi connectivity index (χ2n) is 6.48. The van der Waals surface area contributed by atoms with Gasteiger partial charge in [-0.05, 0) is 43.2 Å². The van der Waals surface area contributed by atoms with Crippen LogP contribution in [0.5, 0.6) is 0 Å². The van der Waals surface area contributed by atoms with Crippen LogP contribution in [0.3, 0.4) is 0 Å². The number of carbonyl (C=O) groups excluding carboxylic acids is 1. The maximum absolute atomic E-state index is 13.1. The summed E-state index contributed by atoms with van der Waals surface area (Å²) in [4.78, 5) is 22.4. The van der Waals surface area contributed by atoms with E-state index in [1.54, 1.807) is 12.1 Å². The topological polar surface area (TPSA) is 49.0 Å². The van der Waals surface area contributed by atoms with Gasteiger partial charge in [0.2, 0.25) is 5.91 Å². The minimum Gasteiger partial charge on any atom is -0.340 e. The Morgan fingerprint density at radius 1 is 1.21 bits per heavy atom. The van der Waals surface area contributed by atoms with Crippen LogP contribution in [0.4, 0.5) is 4.39 Å². The van der Waals surface area contributed by atoms with Gasteiger partial charge < -0.3 is 9.88 Å². The van der Waals surface area contributed by atoms with Crippen LogP contribution in [-0.4, -0.2) is 20.8 Å². The van der Waals surface area contributed by atoms with E-state index in [4.69, 9.17) is 4.98 Å². The van der Waals surface area contributed by atoms with Gasteiger partial charge in [-0.3, -0.25) is 4.79 Å². The van der Waals surface area contributed by atoms with Crippen molar-refractivity contribution in [3.8, 4) is 0 Å². The second-order valence-corrected chi connectivity index (χ2v) is 6.48. The number of H-pyrrole nitrogens is 1. The van der Waals surface area contributed by atoms with E-state index in [1.165, 1.54) is 12.1 Å². The van der Waals surface area contributed by atoms with Crippen LogP contribution in [-0.2, 0) is 16.9 Å². The summed E-state index contributed by atoms with van der Waals surface area (Å²) in [5.41, 5.74) is 2.29. The van der Waals surface area contributed by atoms with Crippen LogP contribution >= 0.6 is 0 Å². The molecule has 4 rings (SSSR count). The Kier molecular flexibility index (Phi) is 3.37. The van der Waals surface area contributed by atoms with Crippen LogP contribution in [0.15, 0.2) is 48.5 Å². The van der Waals surface area contributed by atoms with Crippen molar-refractivity contribution in [2.45, 2.75) is 31.8 Å². The molecule has 0 aliphatic carbocycles. The third kappa shape index (κ3) is 2.37. The number of rotatable bonds is 3. The number of carbonyl (C=O) groups is 1. The zero-order valence-corrected chi connectivity index (χ0v) is 13.4. The molecule has 1 aromatic heterocycles. The Balaban J connectivity index is 1.71. The fraction of sp³-hybridized carbons (Fsp3) is 0.263. The number of amides is 1. The first-order chi connectivity index (χ1) is 11.6. The molecule has 1 saturated heterocycles. The van der Waals surface area contributed by atoms with E-state index < -0.39 is 5.54 Å². The Morgan fingerprint density at radius 3 is 2.71 bits per heavy atom. The largest absolute Gasteiger partial charge is 0.340 e. The molecule has 0 spiro atoms. The lowest BCUT2D eigenvalue weighted by atomic mass is 9.97. The number of aromatic nitrogens is 2. The highest BCUT2D eigenvalue weighted by molar-refractivity contribution is 5.81. The first-order valence-corrected chi connectivity index (χ1v) is 8.06. The number of likely N-dealkylation sites (tertiary alicyclic amines) is 1. The lowest BCUT2D eigenvalue weighted by Gasteiger charge is -2.33. The van der Waals surface area contributed by atoms with E-state index in [0.29, 0.717) is 19.4 Å². The molecule has 1 aliphatic rings. The van der Waals surface area contributed by atoms with Gasteiger partial charge in [0.1, 0.15) is 11.6 Å². The number of para-hydroxylation sites is 2. The first-order valence-electron chi connectivity index (χ1n) is 8.06. The Labute approximate surface area is 139 Å². The highest BCUT2D eigenvalue weighted by atomic mass is 19.1. The van der Waals surface area contributed by atoms with Crippen LogP contribution in [0.1, 0.15) is 31.2 Å². The van der Waals surface area contributed by atoms with Gasteiger partial charge in [-0.25, -0.2) is 9.37 Å². The van der Waals surface area contributed by atoms with Gasteiger partial charge in [0.15, 0.2) is 0 Å². The second kappa shape index (κ2) is 5.44. The van der Waals surface area contributed by atoms with Crippen molar-refractivity contribution in [2.24, 2.45) is 0 Å². The van der Waals surface area contributed by atoms with Gasteiger partial charge in [0.25, 0.3) is 0 Å². The number of hydrogen-bond donors (Lipinski definition) is 1. The number of benzene rings is 2. The zero-order chi connectivity index (χ0) is 16.7. The molecule has 122 valence electrons. The lowest BCUT2D eigenvalue weighted by Crippen LogP contribution is -2.41. The van der Waals surface area contributed by atoms with Crippen LogP contribution in [0.2, 0.25) is 0 Å². The summed E-state index contributed by atoms with van der Waals surface area (Å²) >= 11 is 0. The molecule has 3 aromatic rings. The maximum Gasteiger partial charge on any atom is 0.223 e. The fourth-order valence-electron chi connectivity index (χ4n) is 3.38. The van der Waals surface area contributed by atoms with Gasteiger partial charge in [0, 0.05) is 13.0 Å². The molecule has 0 bridgehead atoms. The van der Waals surface area contributed by atoms with E-state index >= 15 is 0 Å². The number of imidazole rings is 1. The average Bonchev–Trinajstić information content (AvgIpc) is 3.14. The SMILES string of the molecule is CC1(c2nc3ccccc3[nH]2)CCC(=O)N1Cc1ccc(F)cc1. The first kappa shape index (κ1) is 14.9. The molecule has 1 unspecified atom stereocenters. The molecule has 1 aliphatic heterocycles. The number of fused-ring (bicyclic) bond motifs is 1. The van der Waals surface area contributed by atoms with E-state index in [0.717, 1.165) is 22.4 Å². The van der Waals surface area contributed by atoms with E-state index in [2.05, 4.69) is 4.98 Å². The molecule has 2 heterocycles. The summed E-state index contributed by atoms with van der Waals surface area (Å²) in [5, 5.41) is 0. The van der Waals surface area contributed by atoms with Crippen molar-refractivity contribution >= 4 is 16.9 Å². The zero-order valence-electron chi connectivity index (χ0n) is 13.4. The van der Waals surface area contributed by atoms with Gasteiger partial charge in [0.05, 0.1) is 16.6 Å². The molecular formula is C19H18FN3O. The Bertz CT molecular complexity index is 869. The van der Waals surface area contributed by atoms with Crippen molar-refractivity contribution < 1.29 is 9.18 Å². The molecule has 1 atom stereocenters. The Morgan fingerprint density at radius 2 is 1.96 bits per heavy atom. The summed E-state index contributed by atoms with van der Waals surface area (Å²) in [6.45, 7) is 2.49. The molecule has 1 N–H and O–H groups in total. The Hall–Kier alpha value is -2.69. The van der Waals surface area contributed by atoms with Crippen molar-refractivity contribution in [1.29, 1.82) is 0 Å². The molecule has 24 heavy (non-hydrogen) atoms. The fourth-order valence-corrected chi connectivity index (χ4v) is 3.38. The van der Waals surface area contributed by atoms with Crippen LogP contribution in [0, 0.1) is 5.82 Å². The predicted molar refractivity (Wildman–Crippen MR) is 89.6 cm³/mol.